The molecular formula is C17H24F2N2. The molecule has 1 aromatic carbocycles. The Hall–Kier alpha value is -1.00. The summed E-state index contributed by atoms with van der Waals surface area (Å²) in [5.41, 5.74) is 0.671. The summed E-state index contributed by atoms with van der Waals surface area (Å²) in [7, 11) is 0. The molecule has 2 nitrogen and oxygen atoms in total. The Balaban J connectivity index is 1.74. The summed E-state index contributed by atoms with van der Waals surface area (Å²) in [6.45, 7) is 4.26. The highest BCUT2D eigenvalue weighted by Crippen LogP contribution is 2.34. The quantitative estimate of drug-likeness (QED) is 0.918. The van der Waals surface area contributed by atoms with E-state index in [1.165, 1.54) is 25.3 Å². The molecular weight excluding hydrogens is 270 g/mol. The fourth-order valence-electron chi connectivity index (χ4n) is 3.73. The first kappa shape index (κ1) is 14.9. The largest absolute Gasteiger partial charge is 0.317 e. The molecule has 0 spiro atoms. The second-order valence-electron chi connectivity index (χ2n) is 6.37. The molecule has 0 aromatic heterocycles. The minimum Gasteiger partial charge on any atom is -0.317 e. The minimum absolute atomic E-state index is 0.120. The van der Waals surface area contributed by atoms with Crippen LogP contribution in [0.4, 0.5) is 8.78 Å². The maximum Gasteiger partial charge on any atom is 0.130 e. The van der Waals surface area contributed by atoms with Gasteiger partial charge in [-0.1, -0.05) is 12.5 Å². The van der Waals surface area contributed by atoms with Gasteiger partial charge >= 0.3 is 0 Å². The molecule has 116 valence electrons. The van der Waals surface area contributed by atoms with Crippen molar-refractivity contribution in [3.05, 3.63) is 35.4 Å². The van der Waals surface area contributed by atoms with Gasteiger partial charge in [-0.2, -0.15) is 0 Å². The normalized spacial score (nSPS) is 25.1. The van der Waals surface area contributed by atoms with E-state index in [0.717, 1.165) is 45.1 Å². The molecule has 0 amide bonds. The minimum atomic E-state index is -0.489. The number of rotatable bonds is 3. The van der Waals surface area contributed by atoms with Crippen molar-refractivity contribution in [1.29, 1.82) is 0 Å². The number of piperidine rings is 2. The van der Waals surface area contributed by atoms with E-state index in [4.69, 9.17) is 0 Å². The molecule has 2 aliphatic heterocycles. The first-order valence-electron chi connectivity index (χ1n) is 8.14. The third kappa shape index (κ3) is 3.61. The molecule has 4 heteroatoms. The molecule has 1 atom stereocenters. The molecule has 2 aliphatic rings. The molecule has 21 heavy (non-hydrogen) atoms. The summed E-state index contributed by atoms with van der Waals surface area (Å²) in [6, 6.07) is 4.16. The number of hydrogen-bond donors (Lipinski definition) is 1. The van der Waals surface area contributed by atoms with Crippen LogP contribution in [-0.2, 0) is 0 Å². The van der Waals surface area contributed by atoms with Crippen LogP contribution in [-0.4, -0.2) is 31.1 Å². The second kappa shape index (κ2) is 6.84. The lowest BCUT2D eigenvalue weighted by molar-refractivity contribution is 0.113. The third-order valence-electron chi connectivity index (χ3n) is 4.89. The van der Waals surface area contributed by atoms with Crippen LogP contribution < -0.4 is 5.32 Å². The molecule has 2 saturated heterocycles. The SMILES string of the molecule is Fc1ccc(C2CCCCN2CC2CCNCC2)c(F)c1. The van der Waals surface area contributed by atoms with Crippen LogP contribution in [0.2, 0.25) is 0 Å². The zero-order valence-corrected chi connectivity index (χ0v) is 12.5. The van der Waals surface area contributed by atoms with Crippen LogP contribution in [0.15, 0.2) is 18.2 Å². The molecule has 0 aliphatic carbocycles. The zero-order chi connectivity index (χ0) is 14.7. The number of likely N-dealkylation sites (tertiary alicyclic amines) is 1. The summed E-state index contributed by atoms with van der Waals surface area (Å²) in [5, 5.41) is 3.39. The Bertz CT molecular complexity index is 472. The Morgan fingerprint density at radius 3 is 2.67 bits per heavy atom. The molecule has 1 unspecified atom stereocenters. The Kier molecular flexibility index (Phi) is 4.86. The van der Waals surface area contributed by atoms with Crippen LogP contribution in [0.1, 0.15) is 43.7 Å². The molecule has 1 N–H and O–H groups in total. The predicted octanol–water partition coefficient (Wildman–Crippen LogP) is 3.49. The molecule has 0 radical (unpaired) electrons. The summed E-state index contributed by atoms with van der Waals surface area (Å²) in [4.78, 5) is 2.43. The van der Waals surface area contributed by atoms with Gasteiger partial charge in [0, 0.05) is 24.2 Å². The highest BCUT2D eigenvalue weighted by Gasteiger charge is 2.28. The van der Waals surface area contributed by atoms with Gasteiger partial charge in [-0.3, -0.25) is 4.90 Å². The summed E-state index contributed by atoms with van der Waals surface area (Å²) < 4.78 is 27.2. The lowest BCUT2D eigenvalue weighted by Crippen LogP contribution is -2.40. The van der Waals surface area contributed by atoms with Crippen molar-refractivity contribution < 1.29 is 8.78 Å². The first-order valence-corrected chi connectivity index (χ1v) is 8.14. The summed E-state index contributed by atoms with van der Waals surface area (Å²) >= 11 is 0. The van der Waals surface area contributed by atoms with Crippen LogP contribution >= 0.6 is 0 Å². The van der Waals surface area contributed by atoms with Crippen molar-refractivity contribution in [2.75, 3.05) is 26.2 Å². The maximum absolute atomic E-state index is 14.1. The Labute approximate surface area is 125 Å². The van der Waals surface area contributed by atoms with Crippen molar-refractivity contribution in [2.24, 2.45) is 5.92 Å². The molecule has 2 heterocycles. The second-order valence-corrected chi connectivity index (χ2v) is 6.37. The van der Waals surface area contributed by atoms with Gasteiger partial charge in [-0.15, -0.1) is 0 Å². The molecule has 3 rings (SSSR count). The van der Waals surface area contributed by atoms with Crippen molar-refractivity contribution in [3.8, 4) is 0 Å². The first-order chi connectivity index (χ1) is 10.2. The zero-order valence-electron chi connectivity index (χ0n) is 12.5. The number of nitrogens with one attached hydrogen (secondary N) is 1. The highest BCUT2D eigenvalue weighted by molar-refractivity contribution is 5.22. The Morgan fingerprint density at radius 1 is 1.10 bits per heavy atom. The topological polar surface area (TPSA) is 15.3 Å². The van der Waals surface area contributed by atoms with E-state index in [-0.39, 0.29) is 6.04 Å². The van der Waals surface area contributed by atoms with Gasteiger partial charge in [-0.05, 0) is 57.3 Å². The van der Waals surface area contributed by atoms with E-state index >= 15 is 0 Å². The number of benzene rings is 1. The van der Waals surface area contributed by atoms with Gasteiger partial charge in [0.1, 0.15) is 11.6 Å². The van der Waals surface area contributed by atoms with Crippen LogP contribution in [0, 0.1) is 17.6 Å². The average Bonchev–Trinajstić information content (AvgIpc) is 2.49. The summed E-state index contributed by atoms with van der Waals surface area (Å²) in [5.74, 6) is -0.176. The van der Waals surface area contributed by atoms with Crippen LogP contribution in [0.3, 0.4) is 0 Å². The summed E-state index contributed by atoms with van der Waals surface area (Å²) in [6.07, 6.45) is 5.70. The van der Waals surface area contributed by atoms with E-state index in [1.54, 1.807) is 6.07 Å². The number of nitrogens with zero attached hydrogens (tertiary/aromatic N) is 1. The standard InChI is InChI=1S/C17H24F2N2/c18-14-4-5-15(16(19)11-14)17-3-1-2-10-21(17)12-13-6-8-20-9-7-13/h4-5,11,13,17,20H,1-3,6-10,12H2. The van der Waals surface area contributed by atoms with Gasteiger partial charge in [0.25, 0.3) is 0 Å². The third-order valence-corrected chi connectivity index (χ3v) is 4.89. The van der Waals surface area contributed by atoms with E-state index in [1.807, 2.05) is 0 Å². The molecule has 1 aromatic rings. The fourth-order valence-corrected chi connectivity index (χ4v) is 3.73. The van der Waals surface area contributed by atoms with Crippen LogP contribution in [0.25, 0.3) is 0 Å². The average molecular weight is 294 g/mol. The maximum atomic E-state index is 14.1. The van der Waals surface area contributed by atoms with Crippen LogP contribution in [0.5, 0.6) is 0 Å². The van der Waals surface area contributed by atoms with Gasteiger partial charge in [0.05, 0.1) is 0 Å². The lowest BCUT2D eigenvalue weighted by atomic mass is 9.91. The van der Waals surface area contributed by atoms with Gasteiger partial charge < -0.3 is 5.32 Å². The smallest absolute Gasteiger partial charge is 0.130 e. The monoisotopic (exact) mass is 294 g/mol. The van der Waals surface area contributed by atoms with E-state index < -0.39 is 11.6 Å². The van der Waals surface area contributed by atoms with Gasteiger partial charge in [0.2, 0.25) is 0 Å². The highest BCUT2D eigenvalue weighted by atomic mass is 19.1. The lowest BCUT2D eigenvalue weighted by Gasteiger charge is -2.39. The molecule has 2 fully saturated rings. The van der Waals surface area contributed by atoms with E-state index in [0.29, 0.717) is 11.5 Å². The predicted molar refractivity (Wildman–Crippen MR) is 80.1 cm³/mol. The fraction of sp³-hybridized carbons (Fsp3) is 0.647. The van der Waals surface area contributed by atoms with Gasteiger partial charge in [-0.25, -0.2) is 8.78 Å². The van der Waals surface area contributed by atoms with Crippen molar-refractivity contribution in [1.82, 2.24) is 10.2 Å². The van der Waals surface area contributed by atoms with Crippen molar-refractivity contribution >= 4 is 0 Å². The van der Waals surface area contributed by atoms with Crippen molar-refractivity contribution in [3.63, 3.8) is 0 Å². The Morgan fingerprint density at radius 2 is 1.90 bits per heavy atom. The number of hydrogen-bond acceptors (Lipinski definition) is 2. The molecule has 0 saturated carbocycles. The van der Waals surface area contributed by atoms with Gasteiger partial charge in [0.15, 0.2) is 0 Å². The number of halogens is 2. The van der Waals surface area contributed by atoms with E-state index in [2.05, 4.69) is 10.2 Å². The van der Waals surface area contributed by atoms with Crippen molar-refractivity contribution in [2.45, 2.75) is 38.1 Å². The molecule has 0 bridgehead atoms. The van der Waals surface area contributed by atoms with E-state index in [9.17, 15) is 8.78 Å².